The first-order chi connectivity index (χ1) is 12.8. The summed E-state index contributed by atoms with van der Waals surface area (Å²) < 4.78 is 0. The lowest BCUT2D eigenvalue weighted by Gasteiger charge is -2.04. The smallest absolute Gasteiger partial charge is 0.224 e. The molecule has 0 aliphatic rings. The van der Waals surface area contributed by atoms with Crippen molar-refractivity contribution in [3.05, 3.63) is 42.5 Å². The highest BCUT2D eigenvalue weighted by Crippen LogP contribution is 2.11. The lowest BCUT2D eigenvalue weighted by molar-refractivity contribution is -0.116. The van der Waals surface area contributed by atoms with Crippen molar-refractivity contribution in [3.63, 3.8) is 0 Å². The standard InChI is InChI=1S/C24H39NO/c1-2-3-4-5-6-7-8-9-10-11-12-13-14-15-19-22-24(26)25-23-20-17-16-18-21-23/h9-10,16-18,20-21H,2-8,11-15,19,22H2,1H3,(H,25,26)/b10-9+. The van der Waals surface area contributed by atoms with Crippen molar-refractivity contribution >= 4 is 11.6 Å². The zero-order valence-electron chi connectivity index (χ0n) is 16.8. The van der Waals surface area contributed by atoms with E-state index in [1.54, 1.807) is 0 Å². The third kappa shape index (κ3) is 13.7. The third-order valence-corrected chi connectivity index (χ3v) is 4.72. The molecule has 146 valence electrons. The number of amides is 1. The van der Waals surface area contributed by atoms with Crippen molar-refractivity contribution in [2.24, 2.45) is 0 Å². The molecular formula is C24H39NO. The van der Waals surface area contributed by atoms with E-state index in [4.69, 9.17) is 0 Å². The number of nitrogens with one attached hydrogen (secondary N) is 1. The molecular weight excluding hydrogens is 318 g/mol. The number of rotatable bonds is 16. The molecule has 1 aromatic rings. The summed E-state index contributed by atoms with van der Waals surface area (Å²) >= 11 is 0. The van der Waals surface area contributed by atoms with Crippen LogP contribution in [0.4, 0.5) is 5.69 Å². The second-order valence-electron chi connectivity index (χ2n) is 7.25. The summed E-state index contributed by atoms with van der Waals surface area (Å²) in [7, 11) is 0. The number of carbonyl (C=O) groups is 1. The zero-order chi connectivity index (χ0) is 18.7. The normalized spacial score (nSPS) is 11.1. The van der Waals surface area contributed by atoms with Crippen molar-refractivity contribution in [3.8, 4) is 0 Å². The Labute approximate surface area is 161 Å². The van der Waals surface area contributed by atoms with E-state index in [2.05, 4.69) is 24.4 Å². The van der Waals surface area contributed by atoms with Crippen LogP contribution >= 0.6 is 0 Å². The number of hydrogen-bond donors (Lipinski definition) is 1. The molecule has 0 aliphatic carbocycles. The summed E-state index contributed by atoms with van der Waals surface area (Å²) in [5.41, 5.74) is 0.894. The minimum Gasteiger partial charge on any atom is -0.326 e. The molecule has 2 nitrogen and oxygen atoms in total. The molecule has 0 aliphatic heterocycles. The van der Waals surface area contributed by atoms with E-state index < -0.39 is 0 Å². The highest BCUT2D eigenvalue weighted by molar-refractivity contribution is 5.90. The fourth-order valence-electron chi connectivity index (χ4n) is 3.10. The third-order valence-electron chi connectivity index (χ3n) is 4.72. The Kier molecular flexibility index (Phi) is 14.6. The molecule has 0 unspecified atom stereocenters. The van der Waals surface area contributed by atoms with E-state index in [1.807, 2.05) is 30.3 Å². The fourth-order valence-corrected chi connectivity index (χ4v) is 3.10. The number of allylic oxidation sites excluding steroid dienone is 2. The van der Waals surface area contributed by atoms with E-state index >= 15 is 0 Å². The second kappa shape index (κ2) is 16.9. The Morgan fingerprint density at radius 1 is 0.769 bits per heavy atom. The molecule has 2 heteroatoms. The van der Waals surface area contributed by atoms with E-state index in [0.717, 1.165) is 18.5 Å². The maximum Gasteiger partial charge on any atom is 0.224 e. The van der Waals surface area contributed by atoms with Gasteiger partial charge in [-0.2, -0.15) is 0 Å². The van der Waals surface area contributed by atoms with Crippen LogP contribution in [0.15, 0.2) is 42.5 Å². The Balaban J connectivity index is 1.83. The molecule has 0 fully saturated rings. The summed E-state index contributed by atoms with van der Waals surface area (Å²) in [4.78, 5) is 11.8. The number of para-hydroxylation sites is 1. The lowest BCUT2D eigenvalue weighted by Crippen LogP contribution is -2.10. The molecule has 1 amide bonds. The largest absolute Gasteiger partial charge is 0.326 e. The topological polar surface area (TPSA) is 29.1 Å². The first-order valence-electron chi connectivity index (χ1n) is 10.8. The summed E-state index contributed by atoms with van der Waals surface area (Å²) in [6, 6.07) is 9.70. The Hall–Kier alpha value is -1.57. The number of anilines is 1. The monoisotopic (exact) mass is 357 g/mol. The molecule has 1 aromatic carbocycles. The van der Waals surface area contributed by atoms with Gasteiger partial charge in [0.15, 0.2) is 0 Å². The summed E-state index contributed by atoms with van der Waals surface area (Å²) in [6.07, 6.45) is 22.1. The number of benzene rings is 1. The first-order valence-corrected chi connectivity index (χ1v) is 10.8. The van der Waals surface area contributed by atoms with Crippen molar-refractivity contribution in [2.75, 3.05) is 5.32 Å². The van der Waals surface area contributed by atoms with E-state index in [0.29, 0.717) is 6.42 Å². The Morgan fingerprint density at radius 3 is 1.92 bits per heavy atom. The van der Waals surface area contributed by atoms with Crippen LogP contribution in [0.1, 0.15) is 96.8 Å². The van der Waals surface area contributed by atoms with Crippen LogP contribution in [-0.2, 0) is 4.79 Å². The molecule has 0 aromatic heterocycles. The van der Waals surface area contributed by atoms with Crippen LogP contribution in [0.25, 0.3) is 0 Å². The molecule has 0 saturated carbocycles. The molecule has 0 saturated heterocycles. The average molecular weight is 358 g/mol. The fraction of sp³-hybridized carbons (Fsp3) is 0.625. The van der Waals surface area contributed by atoms with Gasteiger partial charge in [0, 0.05) is 12.1 Å². The lowest BCUT2D eigenvalue weighted by atomic mass is 10.1. The quantitative estimate of drug-likeness (QED) is 0.239. The van der Waals surface area contributed by atoms with Crippen molar-refractivity contribution < 1.29 is 4.79 Å². The number of unbranched alkanes of at least 4 members (excludes halogenated alkanes) is 11. The first kappa shape index (κ1) is 22.5. The molecule has 26 heavy (non-hydrogen) atoms. The van der Waals surface area contributed by atoms with Crippen LogP contribution in [-0.4, -0.2) is 5.91 Å². The summed E-state index contributed by atoms with van der Waals surface area (Å²) in [5, 5.41) is 2.94. The van der Waals surface area contributed by atoms with Gasteiger partial charge in [-0.15, -0.1) is 0 Å². The molecule has 1 rings (SSSR count). The van der Waals surface area contributed by atoms with Crippen LogP contribution in [0.2, 0.25) is 0 Å². The van der Waals surface area contributed by atoms with Crippen LogP contribution in [0.5, 0.6) is 0 Å². The van der Waals surface area contributed by atoms with Gasteiger partial charge in [0.2, 0.25) is 5.91 Å². The molecule has 0 radical (unpaired) electrons. The summed E-state index contributed by atoms with van der Waals surface area (Å²) in [5.74, 6) is 0.133. The number of carbonyl (C=O) groups excluding carboxylic acids is 1. The zero-order valence-corrected chi connectivity index (χ0v) is 16.8. The maximum atomic E-state index is 11.8. The van der Waals surface area contributed by atoms with Crippen molar-refractivity contribution in [1.82, 2.24) is 0 Å². The van der Waals surface area contributed by atoms with Gasteiger partial charge in [-0.25, -0.2) is 0 Å². The van der Waals surface area contributed by atoms with Crippen LogP contribution < -0.4 is 5.32 Å². The van der Waals surface area contributed by atoms with E-state index in [9.17, 15) is 4.79 Å². The SMILES string of the molecule is CCCCCCCC/C=C/CCCCCCCC(=O)Nc1ccccc1. The van der Waals surface area contributed by atoms with Gasteiger partial charge in [0.25, 0.3) is 0 Å². The number of hydrogen-bond acceptors (Lipinski definition) is 1. The Bertz CT molecular complexity index is 466. The van der Waals surface area contributed by atoms with Gasteiger partial charge in [-0.05, 0) is 44.2 Å². The minimum atomic E-state index is 0.133. The van der Waals surface area contributed by atoms with E-state index in [1.165, 1.54) is 70.6 Å². The van der Waals surface area contributed by atoms with Crippen molar-refractivity contribution in [1.29, 1.82) is 0 Å². The predicted molar refractivity (Wildman–Crippen MR) is 115 cm³/mol. The van der Waals surface area contributed by atoms with Gasteiger partial charge in [0.1, 0.15) is 0 Å². The highest BCUT2D eigenvalue weighted by Gasteiger charge is 2.01. The van der Waals surface area contributed by atoms with Crippen LogP contribution in [0, 0.1) is 0 Å². The van der Waals surface area contributed by atoms with Gasteiger partial charge in [0.05, 0.1) is 0 Å². The van der Waals surface area contributed by atoms with Gasteiger partial charge in [-0.3, -0.25) is 4.79 Å². The van der Waals surface area contributed by atoms with Crippen molar-refractivity contribution in [2.45, 2.75) is 96.8 Å². The highest BCUT2D eigenvalue weighted by atomic mass is 16.1. The van der Waals surface area contributed by atoms with Gasteiger partial charge in [-0.1, -0.05) is 88.6 Å². The Morgan fingerprint density at radius 2 is 1.31 bits per heavy atom. The molecule has 0 bridgehead atoms. The van der Waals surface area contributed by atoms with Gasteiger partial charge >= 0.3 is 0 Å². The van der Waals surface area contributed by atoms with Crippen LogP contribution in [0.3, 0.4) is 0 Å². The average Bonchev–Trinajstić information content (AvgIpc) is 2.65. The maximum absolute atomic E-state index is 11.8. The predicted octanol–water partition coefficient (Wildman–Crippen LogP) is 7.66. The van der Waals surface area contributed by atoms with Gasteiger partial charge < -0.3 is 5.32 Å². The molecule has 1 N–H and O–H groups in total. The summed E-state index contributed by atoms with van der Waals surface area (Å²) in [6.45, 7) is 2.27. The minimum absolute atomic E-state index is 0.133. The molecule has 0 heterocycles. The molecule has 0 spiro atoms. The second-order valence-corrected chi connectivity index (χ2v) is 7.25. The van der Waals surface area contributed by atoms with E-state index in [-0.39, 0.29) is 5.91 Å². The molecule has 0 atom stereocenters.